The summed E-state index contributed by atoms with van der Waals surface area (Å²) in [4.78, 5) is 30.3. The third-order valence-electron chi connectivity index (χ3n) is 4.90. The second-order valence-corrected chi connectivity index (χ2v) is 7.86. The molecule has 29 heavy (non-hydrogen) atoms. The van der Waals surface area contributed by atoms with E-state index in [0.29, 0.717) is 29.2 Å². The Kier molecular flexibility index (Phi) is 5.53. The monoisotopic (exact) mass is 415 g/mol. The van der Waals surface area contributed by atoms with Crippen molar-refractivity contribution in [3.63, 3.8) is 0 Å². The van der Waals surface area contributed by atoms with Crippen molar-refractivity contribution in [1.82, 2.24) is 15.2 Å². The molecule has 3 aromatic rings. The molecule has 1 fully saturated rings. The molecule has 0 aliphatic carbocycles. The molecule has 1 saturated heterocycles. The van der Waals surface area contributed by atoms with Gasteiger partial charge >= 0.3 is 0 Å². The summed E-state index contributed by atoms with van der Waals surface area (Å²) in [5, 5.41) is 3.60. The topological polar surface area (TPSA) is 65.2 Å². The number of H-pyrrole nitrogens is 1. The Labute approximate surface area is 170 Å². The van der Waals surface area contributed by atoms with E-state index in [1.165, 1.54) is 23.9 Å². The number of carbonyl (C=O) groups excluding carboxylic acids is 2. The molecule has 1 aromatic heterocycles. The molecule has 2 heterocycles. The summed E-state index contributed by atoms with van der Waals surface area (Å²) >= 11 is 1.52. The Balaban J connectivity index is 1.41. The van der Waals surface area contributed by atoms with E-state index < -0.39 is 17.7 Å². The van der Waals surface area contributed by atoms with Crippen molar-refractivity contribution in [2.24, 2.45) is 0 Å². The summed E-state index contributed by atoms with van der Waals surface area (Å²) in [7, 11) is 0. The maximum Gasteiger partial charge on any atom is 0.257 e. The fourth-order valence-corrected chi connectivity index (χ4v) is 4.62. The van der Waals surface area contributed by atoms with Crippen molar-refractivity contribution >= 4 is 34.5 Å². The van der Waals surface area contributed by atoms with Gasteiger partial charge in [0, 0.05) is 35.5 Å². The molecule has 1 unspecified atom stereocenters. The molecular formula is C21H19F2N3O2S. The van der Waals surface area contributed by atoms with Crippen LogP contribution in [-0.2, 0) is 11.2 Å². The van der Waals surface area contributed by atoms with Gasteiger partial charge in [-0.25, -0.2) is 8.78 Å². The number of fused-ring (bicyclic) bond motifs is 1. The van der Waals surface area contributed by atoms with Crippen LogP contribution in [0.5, 0.6) is 0 Å². The number of aromatic amines is 1. The van der Waals surface area contributed by atoms with Gasteiger partial charge in [-0.05, 0) is 30.2 Å². The van der Waals surface area contributed by atoms with Gasteiger partial charge in [0.15, 0.2) is 0 Å². The number of thioether (sulfide) groups is 1. The number of para-hydroxylation sites is 1. The Bertz CT molecular complexity index is 1050. The lowest BCUT2D eigenvalue weighted by Crippen LogP contribution is -2.47. The third kappa shape index (κ3) is 4.12. The molecule has 2 aromatic carbocycles. The van der Waals surface area contributed by atoms with Gasteiger partial charge in [0.25, 0.3) is 5.91 Å². The lowest BCUT2D eigenvalue weighted by atomic mass is 10.1. The number of carbonyl (C=O) groups is 2. The van der Waals surface area contributed by atoms with E-state index in [4.69, 9.17) is 0 Å². The van der Waals surface area contributed by atoms with E-state index in [1.807, 2.05) is 24.3 Å². The number of hydrogen-bond donors (Lipinski definition) is 2. The summed E-state index contributed by atoms with van der Waals surface area (Å²) in [5.41, 5.74) is 1.87. The molecule has 4 rings (SSSR count). The largest absolute Gasteiger partial charge is 0.360 e. The fraction of sp³-hybridized carbons (Fsp3) is 0.238. The number of hydrogen-bond acceptors (Lipinski definition) is 3. The van der Waals surface area contributed by atoms with Crippen molar-refractivity contribution < 1.29 is 18.4 Å². The number of benzene rings is 2. The lowest BCUT2D eigenvalue weighted by Gasteiger charge is -2.23. The first-order valence-corrected chi connectivity index (χ1v) is 10.4. The predicted molar refractivity (Wildman–Crippen MR) is 109 cm³/mol. The molecule has 150 valence electrons. The van der Waals surface area contributed by atoms with Gasteiger partial charge < -0.3 is 15.2 Å². The van der Waals surface area contributed by atoms with E-state index >= 15 is 0 Å². The minimum atomic E-state index is -0.644. The summed E-state index contributed by atoms with van der Waals surface area (Å²) in [5.74, 6) is -0.803. The molecule has 8 heteroatoms. The number of halogens is 2. The van der Waals surface area contributed by atoms with E-state index in [2.05, 4.69) is 10.3 Å². The maximum absolute atomic E-state index is 13.3. The second-order valence-electron chi connectivity index (χ2n) is 6.86. The van der Waals surface area contributed by atoms with Gasteiger partial charge in [-0.3, -0.25) is 9.59 Å². The minimum absolute atomic E-state index is 0.195. The highest BCUT2D eigenvalue weighted by atomic mass is 32.2. The third-order valence-corrected chi connectivity index (χ3v) is 5.91. The van der Waals surface area contributed by atoms with Crippen LogP contribution in [0.2, 0.25) is 0 Å². The van der Waals surface area contributed by atoms with Gasteiger partial charge in [0.05, 0.1) is 11.4 Å². The quantitative estimate of drug-likeness (QED) is 0.672. The molecule has 2 N–H and O–H groups in total. The standard InChI is InChI=1S/C21H19F2N3O2S/c22-14-7-13(8-15(23)9-14)5-6-24-20(27)19-11-29-12-26(19)21(28)17-10-25-18-4-2-1-3-16(17)18/h1-4,7-10,19,25H,5-6,11-12H2,(H,24,27). The highest BCUT2D eigenvalue weighted by Gasteiger charge is 2.35. The Morgan fingerprint density at radius 2 is 1.93 bits per heavy atom. The minimum Gasteiger partial charge on any atom is -0.360 e. The molecule has 1 atom stereocenters. The number of nitrogens with zero attached hydrogens (tertiary/aromatic N) is 1. The van der Waals surface area contributed by atoms with Crippen LogP contribution in [0, 0.1) is 11.6 Å². The van der Waals surface area contributed by atoms with Crippen molar-refractivity contribution in [2.45, 2.75) is 12.5 Å². The predicted octanol–water partition coefficient (Wildman–Crippen LogP) is 3.32. The highest BCUT2D eigenvalue weighted by Crippen LogP contribution is 2.26. The summed E-state index contributed by atoms with van der Waals surface area (Å²) in [6.07, 6.45) is 1.97. The smallest absolute Gasteiger partial charge is 0.257 e. The van der Waals surface area contributed by atoms with Crippen molar-refractivity contribution in [3.8, 4) is 0 Å². The van der Waals surface area contributed by atoms with Crippen molar-refractivity contribution in [3.05, 3.63) is 71.4 Å². The van der Waals surface area contributed by atoms with Crippen molar-refractivity contribution in [1.29, 1.82) is 0 Å². The SMILES string of the molecule is O=C(NCCc1cc(F)cc(F)c1)C1CSCN1C(=O)c1c[nH]c2ccccc12. The number of aromatic nitrogens is 1. The summed E-state index contributed by atoms with van der Waals surface area (Å²) in [6, 6.07) is 10.2. The maximum atomic E-state index is 13.3. The van der Waals surface area contributed by atoms with E-state index in [0.717, 1.165) is 17.0 Å². The summed E-state index contributed by atoms with van der Waals surface area (Å²) in [6.45, 7) is 0.234. The first kappa shape index (κ1) is 19.4. The lowest BCUT2D eigenvalue weighted by molar-refractivity contribution is -0.124. The molecule has 1 aliphatic heterocycles. The van der Waals surface area contributed by atoms with Crippen LogP contribution in [0.3, 0.4) is 0 Å². The number of nitrogens with one attached hydrogen (secondary N) is 2. The first-order valence-electron chi connectivity index (χ1n) is 9.20. The summed E-state index contributed by atoms with van der Waals surface area (Å²) < 4.78 is 26.5. The molecule has 5 nitrogen and oxygen atoms in total. The zero-order chi connectivity index (χ0) is 20.4. The fourth-order valence-electron chi connectivity index (χ4n) is 3.47. The Morgan fingerprint density at radius 1 is 1.17 bits per heavy atom. The molecule has 1 aliphatic rings. The van der Waals surface area contributed by atoms with E-state index in [1.54, 1.807) is 11.1 Å². The average Bonchev–Trinajstić information content (AvgIpc) is 3.34. The zero-order valence-electron chi connectivity index (χ0n) is 15.5. The van der Waals surface area contributed by atoms with Gasteiger partial charge in [-0.15, -0.1) is 11.8 Å². The molecule has 0 saturated carbocycles. The number of amides is 2. The molecular weight excluding hydrogens is 396 g/mol. The Hall–Kier alpha value is -2.87. The molecule has 0 radical (unpaired) electrons. The average molecular weight is 415 g/mol. The van der Waals surface area contributed by atoms with Gasteiger partial charge in [0.2, 0.25) is 5.91 Å². The number of rotatable bonds is 5. The van der Waals surface area contributed by atoms with Crippen LogP contribution in [0.4, 0.5) is 8.78 Å². The van der Waals surface area contributed by atoms with Gasteiger partial charge in [-0.1, -0.05) is 18.2 Å². The van der Waals surface area contributed by atoms with Crippen LogP contribution in [0.1, 0.15) is 15.9 Å². The van der Waals surface area contributed by atoms with E-state index in [9.17, 15) is 18.4 Å². The van der Waals surface area contributed by atoms with Gasteiger partial charge in [0.1, 0.15) is 17.7 Å². The second kappa shape index (κ2) is 8.24. The zero-order valence-corrected chi connectivity index (χ0v) is 16.3. The van der Waals surface area contributed by atoms with Crippen LogP contribution in [0.25, 0.3) is 10.9 Å². The van der Waals surface area contributed by atoms with Crippen LogP contribution in [0.15, 0.2) is 48.7 Å². The molecule has 0 bridgehead atoms. The molecule has 2 amide bonds. The van der Waals surface area contributed by atoms with E-state index in [-0.39, 0.29) is 18.4 Å². The van der Waals surface area contributed by atoms with Crippen molar-refractivity contribution in [2.75, 3.05) is 18.2 Å². The van der Waals surface area contributed by atoms with Gasteiger partial charge in [-0.2, -0.15) is 0 Å². The van der Waals surface area contributed by atoms with Crippen LogP contribution < -0.4 is 5.32 Å². The first-order chi connectivity index (χ1) is 14.0. The van der Waals surface area contributed by atoms with Crippen LogP contribution >= 0.6 is 11.8 Å². The highest BCUT2D eigenvalue weighted by molar-refractivity contribution is 7.99. The van der Waals surface area contributed by atoms with Crippen LogP contribution in [-0.4, -0.2) is 45.9 Å². The Morgan fingerprint density at radius 3 is 2.72 bits per heavy atom. The molecule has 0 spiro atoms. The normalized spacial score (nSPS) is 16.3.